The van der Waals surface area contributed by atoms with Crippen LogP contribution in [0.4, 0.5) is 0 Å². The molecule has 2 rings (SSSR count). The van der Waals surface area contributed by atoms with E-state index in [1.165, 1.54) is 25.1 Å². The lowest BCUT2D eigenvalue weighted by Gasteiger charge is -2.21. The van der Waals surface area contributed by atoms with E-state index in [0.717, 1.165) is 32.2 Å². The van der Waals surface area contributed by atoms with Crippen LogP contribution >= 0.6 is 0 Å². The van der Waals surface area contributed by atoms with Gasteiger partial charge in [-0.05, 0) is 31.5 Å². The van der Waals surface area contributed by atoms with Crippen molar-refractivity contribution in [2.24, 2.45) is 5.92 Å². The number of nitrogens with zero attached hydrogens (tertiary/aromatic N) is 3. The van der Waals surface area contributed by atoms with Crippen LogP contribution in [0.5, 0.6) is 5.88 Å². The third-order valence-electron chi connectivity index (χ3n) is 4.01. The topological polar surface area (TPSA) is 37.8 Å². The molecule has 21 heavy (non-hydrogen) atoms. The van der Waals surface area contributed by atoms with Gasteiger partial charge in [-0.25, -0.2) is 4.98 Å². The van der Waals surface area contributed by atoms with Gasteiger partial charge in [-0.2, -0.15) is 0 Å². The fraction of sp³-hybridized carbons (Fsp3) is 0.688. The van der Waals surface area contributed by atoms with E-state index in [2.05, 4.69) is 27.9 Å². The molecule has 0 unspecified atom stereocenters. The Hall–Kier alpha value is -1.17. The van der Waals surface area contributed by atoms with E-state index in [9.17, 15) is 0 Å². The number of methoxy groups -OCH3 is 2. The van der Waals surface area contributed by atoms with Gasteiger partial charge in [0.05, 0.1) is 13.7 Å². The van der Waals surface area contributed by atoms with Crippen molar-refractivity contribution >= 4 is 0 Å². The zero-order valence-corrected chi connectivity index (χ0v) is 13.4. The predicted octanol–water partition coefficient (Wildman–Crippen LogP) is 1.49. The third-order valence-corrected chi connectivity index (χ3v) is 4.01. The summed E-state index contributed by atoms with van der Waals surface area (Å²) in [6, 6.07) is 4.01. The highest BCUT2D eigenvalue weighted by molar-refractivity contribution is 5.17. The van der Waals surface area contributed by atoms with Crippen LogP contribution in [0.1, 0.15) is 12.0 Å². The molecule has 0 radical (unpaired) electrons. The molecule has 5 heteroatoms. The van der Waals surface area contributed by atoms with Gasteiger partial charge < -0.3 is 19.3 Å². The molecule has 1 fully saturated rings. The molecule has 0 amide bonds. The summed E-state index contributed by atoms with van der Waals surface area (Å²) in [5.41, 5.74) is 1.23. The van der Waals surface area contributed by atoms with Crippen LogP contribution in [0, 0.1) is 5.92 Å². The SMILES string of the molecule is COCCN1CC[C@@H](CN(C)Cc2ccc(OC)nc2)C1. The summed E-state index contributed by atoms with van der Waals surface area (Å²) in [5.74, 6) is 1.43. The Morgan fingerprint density at radius 3 is 2.90 bits per heavy atom. The number of likely N-dealkylation sites (tertiary alicyclic amines) is 1. The molecule has 0 saturated carbocycles. The number of aromatic nitrogens is 1. The first kappa shape index (κ1) is 16.2. The molecule has 2 heterocycles. The van der Waals surface area contributed by atoms with E-state index in [1.54, 1.807) is 14.2 Å². The van der Waals surface area contributed by atoms with Crippen molar-refractivity contribution in [2.75, 3.05) is 54.1 Å². The zero-order valence-electron chi connectivity index (χ0n) is 13.4. The fourth-order valence-electron chi connectivity index (χ4n) is 2.93. The lowest BCUT2D eigenvalue weighted by atomic mass is 10.1. The summed E-state index contributed by atoms with van der Waals surface area (Å²) in [5, 5.41) is 0. The zero-order chi connectivity index (χ0) is 15.1. The third kappa shape index (κ3) is 5.26. The Labute approximate surface area is 127 Å². The van der Waals surface area contributed by atoms with Gasteiger partial charge in [-0.3, -0.25) is 0 Å². The van der Waals surface area contributed by atoms with Crippen molar-refractivity contribution < 1.29 is 9.47 Å². The molecule has 1 atom stereocenters. The van der Waals surface area contributed by atoms with Crippen molar-refractivity contribution in [3.05, 3.63) is 23.9 Å². The number of pyridine rings is 1. The molecule has 1 aliphatic rings. The van der Waals surface area contributed by atoms with Gasteiger partial charge in [0, 0.05) is 45.6 Å². The minimum atomic E-state index is 0.672. The minimum Gasteiger partial charge on any atom is -0.481 e. The largest absolute Gasteiger partial charge is 0.481 e. The predicted molar refractivity (Wildman–Crippen MR) is 83.5 cm³/mol. The fourth-order valence-corrected chi connectivity index (χ4v) is 2.93. The highest BCUT2D eigenvalue weighted by atomic mass is 16.5. The van der Waals surface area contributed by atoms with E-state index < -0.39 is 0 Å². The van der Waals surface area contributed by atoms with Crippen LogP contribution in [0.2, 0.25) is 0 Å². The Morgan fingerprint density at radius 2 is 2.24 bits per heavy atom. The summed E-state index contributed by atoms with van der Waals surface area (Å²) >= 11 is 0. The van der Waals surface area contributed by atoms with Crippen molar-refractivity contribution in [1.82, 2.24) is 14.8 Å². The van der Waals surface area contributed by atoms with Gasteiger partial charge in [0.15, 0.2) is 0 Å². The number of hydrogen-bond donors (Lipinski definition) is 0. The summed E-state index contributed by atoms with van der Waals surface area (Å²) in [7, 11) is 5.59. The summed E-state index contributed by atoms with van der Waals surface area (Å²) < 4.78 is 10.2. The molecule has 0 aromatic carbocycles. The molecule has 1 aliphatic heterocycles. The first-order valence-electron chi connectivity index (χ1n) is 7.60. The van der Waals surface area contributed by atoms with Crippen LogP contribution in [-0.4, -0.2) is 68.8 Å². The van der Waals surface area contributed by atoms with Crippen LogP contribution in [0.3, 0.4) is 0 Å². The van der Waals surface area contributed by atoms with E-state index in [4.69, 9.17) is 9.47 Å². The first-order valence-corrected chi connectivity index (χ1v) is 7.60. The monoisotopic (exact) mass is 293 g/mol. The molecular formula is C16H27N3O2. The second-order valence-corrected chi connectivity index (χ2v) is 5.85. The summed E-state index contributed by atoms with van der Waals surface area (Å²) in [6.07, 6.45) is 3.18. The van der Waals surface area contributed by atoms with Crippen molar-refractivity contribution in [3.8, 4) is 5.88 Å². The van der Waals surface area contributed by atoms with E-state index >= 15 is 0 Å². The molecule has 5 nitrogen and oxygen atoms in total. The minimum absolute atomic E-state index is 0.672. The Morgan fingerprint density at radius 1 is 1.38 bits per heavy atom. The van der Waals surface area contributed by atoms with Gasteiger partial charge in [0.2, 0.25) is 5.88 Å². The molecule has 1 aromatic rings. The van der Waals surface area contributed by atoms with Crippen molar-refractivity contribution in [1.29, 1.82) is 0 Å². The summed E-state index contributed by atoms with van der Waals surface area (Å²) in [4.78, 5) is 9.14. The van der Waals surface area contributed by atoms with E-state index in [-0.39, 0.29) is 0 Å². The molecule has 0 aliphatic carbocycles. The lowest BCUT2D eigenvalue weighted by Crippen LogP contribution is -2.29. The highest BCUT2D eigenvalue weighted by Crippen LogP contribution is 2.17. The molecule has 1 aromatic heterocycles. The molecule has 0 N–H and O–H groups in total. The average molecular weight is 293 g/mol. The Kier molecular flexibility index (Phi) is 6.42. The first-order chi connectivity index (χ1) is 10.2. The van der Waals surface area contributed by atoms with Gasteiger partial charge in [-0.15, -0.1) is 0 Å². The standard InChI is InChI=1S/C16H27N3O2/c1-18(11-14-4-5-16(21-3)17-10-14)12-15-6-7-19(13-15)8-9-20-2/h4-5,10,15H,6-9,11-13H2,1-3H3/t15-/m0/s1. The van der Waals surface area contributed by atoms with Crippen LogP contribution in [-0.2, 0) is 11.3 Å². The average Bonchev–Trinajstić information content (AvgIpc) is 2.93. The smallest absolute Gasteiger partial charge is 0.212 e. The number of ether oxygens (including phenoxy) is 2. The van der Waals surface area contributed by atoms with Crippen molar-refractivity contribution in [3.63, 3.8) is 0 Å². The maximum Gasteiger partial charge on any atom is 0.212 e. The van der Waals surface area contributed by atoms with E-state index in [0.29, 0.717) is 5.88 Å². The van der Waals surface area contributed by atoms with Gasteiger partial charge in [0.25, 0.3) is 0 Å². The molecule has 118 valence electrons. The van der Waals surface area contributed by atoms with Gasteiger partial charge in [0.1, 0.15) is 0 Å². The summed E-state index contributed by atoms with van der Waals surface area (Å²) in [6.45, 7) is 6.35. The normalized spacial score (nSPS) is 19.3. The Balaban J connectivity index is 1.73. The maximum atomic E-state index is 5.15. The van der Waals surface area contributed by atoms with Crippen LogP contribution < -0.4 is 4.74 Å². The van der Waals surface area contributed by atoms with E-state index in [1.807, 2.05) is 12.3 Å². The molecular weight excluding hydrogens is 266 g/mol. The maximum absolute atomic E-state index is 5.15. The molecule has 1 saturated heterocycles. The lowest BCUT2D eigenvalue weighted by molar-refractivity contribution is 0.157. The van der Waals surface area contributed by atoms with Gasteiger partial charge >= 0.3 is 0 Å². The number of hydrogen-bond acceptors (Lipinski definition) is 5. The quantitative estimate of drug-likeness (QED) is 0.726. The van der Waals surface area contributed by atoms with Gasteiger partial charge in [-0.1, -0.05) is 6.07 Å². The second kappa shape index (κ2) is 8.32. The number of rotatable bonds is 8. The Bertz CT molecular complexity index is 410. The second-order valence-electron chi connectivity index (χ2n) is 5.85. The highest BCUT2D eigenvalue weighted by Gasteiger charge is 2.23. The molecule has 0 spiro atoms. The van der Waals surface area contributed by atoms with Crippen LogP contribution in [0.25, 0.3) is 0 Å². The van der Waals surface area contributed by atoms with Crippen molar-refractivity contribution in [2.45, 2.75) is 13.0 Å². The van der Waals surface area contributed by atoms with Crippen LogP contribution in [0.15, 0.2) is 18.3 Å². The molecule has 0 bridgehead atoms.